The summed E-state index contributed by atoms with van der Waals surface area (Å²) in [7, 11) is 0. The van der Waals surface area contributed by atoms with Gasteiger partial charge in [0, 0.05) is 6.20 Å². The summed E-state index contributed by atoms with van der Waals surface area (Å²) in [5.41, 5.74) is 3.11. The molecule has 18 heavy (non-hydrogen) atoms. The summed E-state index contributed by atoms with van der Waals surface area (Å²) in [5, 5.41) is 4.21. The third kappa shape index (κ3) is 2.25. The van der Waals surface area contributed by atoms with Crippen LogP contribution in [0.25, 0.3) is 5.69 Å². The first-order valence-electron chi connectivity index (χ1n) is 5.77. The monoisotopic (exact) mass is 245 g/mol. The molecule has 0 aromatic carbocycles. The summed E-state index contributed by atoms with van der Waals surface area (Å²) in [6.45, 7) is 5.93. The van der Waals surface area contributed by atoms with E-state index in [0.29, 0.717) is 12.2 Å². The minimum absolute atomic E-state index is 0.345. The molecule has 0 aliphatic carbocycles. The predicted octanol–water partition coefficient (Wildman–Crippen LogP) is 2.06. The fourth-order valence-electron chi connectivity index (χ4n) is 1.73. The van der Waals surface area contributed by atoms with Crippen molar-refractivity contribution in [2.75, 3.05) is 6.61 Å². The van der Waals surface area contributed by atoms with Gasteiger partial charge in [-0.25, -0.2) is 9.48 Å². The van der Waals surface area contributed by atoms with Crippen LogP contribution in [0.1, 0.15) is 28.5 Å². The summed E-state index contributed by atoms with van der Waals surface area (Å²) < 4.78 is 6.66. The molecule has 2 aromatic rings. The summed E-state index contributed by atoms with van der Waals surface area (Å²) in [6.07, 6.45) is 5.01. The van der Waals surface area contributed by atoms with Gasteiger partial charge >= 0.3 is 5.97 Å². The van der Waals surface area contributed by atoms with Crippen molar-refractivity contribution in [1.82, 2.24) is 14.8 Å². The summed E-state index contributed by atoms with van der Waals surface area (Å²) in [5.74, 6) is -0.345. The number of hydrogen-bond donors (Lipinski definition) is 0. The van der Waals surface area contributed by atoms with E-state index in [1.54, 1.807) is 24.0 Å². The Morgan fingerprint density at radius 2 is 2.11 bits per heavy atom. The van der Waals surface area contributed by atoms with E-state index in [9.17, 15) is 4.79 Å². The fraction of sp³-hybridized carbons (Fsp3) is 0.308. The van der Waals surface area contributed by atoms with Gasteiger partial charge in [0.2, 0.25) is 0 Å². The zero-order valence-corrected chi connectivity index (χ0v) is 10.7. The summed E-state index contributed by atoms with van der Waals surface area (Å²) >= 11 is 0. The fourth-order valence-corrected chi connectivity index (χ4v) is 1.73. The van der Waals surface area contributed by atoms with E-state index in [-0.39, 0.29) is 5.97 Å². The van der Waals surface area contributed by atoms with Crippen LogP contribution in [0, 0.1) is 13.8 Å². The van der Waals surface area contributed by atoms with Crippen molar-refractivity contribution in [3.8, 4) is 5.69 Å². The number of ether oxygens (including phenoxy) is 1. The zero-order chi connectivity index (χ0) is 13.1. The molecule has 0 N–H and O–H groups in total. The molecule has 0 unspecified atom stereocenters. The molecule has 5 heteroatoms. The van der Waals surface area contributed by atoms with Gasteiger partial charge in [-0.1, -0.05) is 0 Å². The first-order chi connectivity index (χ1) is 8.63. The Labute approximate surface area is 105 Å². The van der Waals surface area contributed by atoms with Gasteiger partial charge < -0.3 is 4.74 Å². The highest BCUT2D eigenvalue weighted by atomic mass is 16.5. The molecule has 0 bridgehead atoms. The molecule has 0 spiro atoms. The molecule has 94 valence electrons. The van der Waals surface area contributed by atoms with E-state index >= 15 is 0 Å². The Balaban J connectivity index is 2.39. The average molecular weight is 245 g/mol. The average Bonchev–Trinajstić information content (AvgIpc) is 2.71. The van der Waals surface area contributed by atoms with E-state index < -0.39 is 0 Å². The van der Waals surface area contributed by atoms with E-state index in [4.69, 9.17) is 4.74 Å². The molecule has 2 rings (SSSR count). The molecule has 2 heterocycles. The number of nitrogens with zero attached hydrogens (tertiary/aromatic N) is 3. The Kier molecular flexibility index (Phi) is 3.41. The predicted molar refractivity (Wildman–Crippen MR) is 66.8 cm³/mol. The van der Waals surface area contributed by atoms with Gasteiger partial charge in [0.05, 0.1) is 30.4 Å². The SMILES string of the molecule is CCOC(=O)c1cnn(-c2cncc(C)c2)c1C. The van der Waals surface area contributed by atoms with Crippen molar-refractivity contribution in [2.24, 2.45) is 0 Å². The summed E-state index contributed by atoms with van der Waals surface area (Å²) in [6, 6.07) is 1.96. The van der Waals surface area contributed by atoms with E-state index in [2.05, 4.69) is 10.1 Å². The number of pyridine rings is 1. The van der Waals surface area contributed by atoms with Crippen molar-refractivity contribution in [3.63, 3.8) is 0 Å². The van der Waals surface area contributed by atoms with Crippen LogP contribution in [0.4, 0.5) is 0 Å². The largest absolute Gasteiger partial charge is 0.462 e. The number of carbonyl (C=O) groups excluding carboxylic acids is 1. The Morgan fingerprint density at radius 1 is 1.33 bits per heavy atom. The van der Waals surface area contributed by atoms with Crippen LogP contribution in [0.2, 0.25) is 0 Å². The molecule has 0 radical (unpaired) electrons. The van der Waals surface area contributed by atoms with Gasteiger partial charge in [-0.3, -0.25) is 4.98 Å². The number of aryl methyl sites for hydroxylation is 1. The van der Waals surface area contributed by atoms with Crippen molar-refractivity contribution in [1.29, 1.82) is 0 Å². The lowest BCUT2D eigenvalue weighted by Gasteiger charge is -2.05. The van der Waals surface area contributed by atoms with Crippen LogP contribution in [0.3, 0.4) is 0 Å². The molecule has 0 fully saturated rings. The first kappa shape index (κ1) is 12.3. The lowest BCUT2D eigenvalue weighted by Crippen LogP contribution is -2.07. The second-order valence-corrected chi connectivity index (χ2v) is 4.00. The van der Waals surface area contributed by atoms with Gasteiger partial charge in [-0.15, -0.1) is 0 Å². The van der Waals surface area contributed by atoms with Gasteiger partial charge in [0.15, 0.2) is 0 Å². The molecule has 5 nitrogen and oxygen atoms in total. The molecule has 2 aromatic heterocycles. The molecular weight excluding hydrogens is 230 g/mol. The van der Waals surface area contributed by atoms with Crippen LogP contribution in [0.5, 0.6) is 0 Å². The maximum atomic E-state index is 11.7. The minimum Gasteiger partial charge on any atom is -0.462 e. The molecule has 0 saturated carbocycles. The van der Waals surface area contributed by atoms with E-state index in [0.717, 1.165) is 16.9 Å². The number of aromatic nitrogens is 3. The smallest absolute Gasteiger partial charge is 0.341 e. The third-order valence-corrected chi connectivity index (χ3v) is 2.61. The van der Waals surface area contributed by atoms with Crippen molar-refractivity contribution < 1.29 is 9.53 Å². The van der Waals surface area contributed by atoms with Crippen LogP contribution >= 0.6 is 0 Å². The maximum Gasteiger partial charge on any atom is 0.341 e. The number of rotatable bonds is 3. The van der Waals surface area contributed by atoms with E-state index in [1.807, 2.05) is 19.9 Å². The number of hydrogen-bond acceptors (Lipinski definition) is 4. The maximum absolute atomic E-state index is 11.7. The van der Waals surface area contributed by atoms with Gasteiger partial charge in [0.1, 0.15) is 5.56 Å². The molecule has 0 aliphatic heterocycles. The highest BCUT2D eigenvalue weighted by Gasteiger charge is 2.15. The second kappa shape index (κ2) is 5.00. The molecule has 0 atom stereocenters. The van der Waals surface area contributed by atoms with Crippen LogP contribution in [0.15, 0.2) is 24.7 Å². The van der Waals surface area contributed by atoms with Crippen molar-refractivity contribution in [2.45, 2.75) is 20.8 Å². The van der Waals surface area contributed by atoms with Crippen LogP contribution in [-0.4, -0.2) is 27.3 Å². The standard InChI is InChI=1S/C13H15N3O2/c1-4-18-13(17)12-8-15-16(10(12)3)11-5-9(2)6-14-7-11/h5-8H,4H2,1-3H3. The third-order valence-electron chi connectivity index (χ3n) is 2.61. The lowest BCUT2D eigenvalue weighted by atomic mass is 10.2. The Morgan fingerprint density at radius 3 is 2.78 bits per heavy atom. The number of carbonyl (C=O) groups is 1. The van der Waals surface area contributed by atoms with Gasteiger partial charge in [-0.05, 0) is 32.4 Å². The topological polar surface area (TPSA) is 57.0 Å². The molecule has 0 amide bonds. The highest BCUT2D eigenvalue weighted by Crippen LogP contribution is 2.15. The molecular formula is C13H15N3O2. The number of esters is 1. The minimum atomic E-state index is -0.345. The molecule has 0 aliphatic rings. The second-order valence-electron chi connectivity index (χ2n) is 4.00. The lowest BCUT2D eigenvalue weighted by molar-refractivity contribution is 0.0525. The van der Waals surface area contributed by atoms with Gasteiger partial charge in [-0.2, -0.15) is 5.10 Å². The van der Waals surface area contributed by atoms with Gasteiger partial charge in [0.25, 0.3) is 0 Å². The van der Waals surface area contributed by atoms with Crippen LogP contribution < -0.4 is 0 Å². The van der Waals surface area contributed by atoms with E-state index in [1.165, 1.54) is 6.20 Å². The highest BCUT2D eigenvalue weighted by molar-refractivity contribution is 5.90. The normalized spacial score (nSPS) is 10.4. The Bertz CT molecular complexity index is 575. The Hall–Kier alpha value is -2.17. The summed E-state index contributed by atoms with van der Waals surface area (Å²) in [4.78, 5) is 15.8. The quantitative estimate of drug-likeness (QED) is 0.777. The van der Waals surface area contributed by atoms with Crippen molar-refractivity contribution in [3.05, 3.63) is 41.5 Å². The van der Waals surface area contributed by atoms with Crippen LogP contribution in [-0.2, 0) is 4.74 Å². The molecule has 0 saturated heterocycles. The zero-order valence-electron chi connectivity index (χ0n) is 10.7. The first-order valence-corrected chi connectivity index (χ1v) is 5.77. The van der Waals surface area contributed by atoms with Crippen molar-refractivity contribution >= 4 is 5.97 Å².